The van der Waals surface area contributed by atoms with Crippen LogP contribution >= 0.6 is 0 Å². The first kappa shape index (κ1) is 16.6. The zero-order valence-corrected chi connectivity index (χ0v) is 14.5. The molecule has 1 aromatic rings. The second kappa shape index (κ2) is 6.77. The number of hydrogen-bond acceptors (Lipinski definition) is 2. The molecule has 4 rings (SSSR count). The van der Waals surface area contributed by atoms with E-state index in [1.807, 2.05) is 9.80 Å². The summed E-state index contributed by atoms with van der Waals surface area (Å²) in [6.07, 6.45) is 5.24. The first-order chi connectivity index (χ1) is 12.1. The van der Waals surface area contributed by atoms with E-state index in [1.54, 1.807) is 12.1 Å². The Bertz CT molecular complexity index is 646. The van der Waals surface area contributed by atoms with Crippen LogP contribution in [-0.2, 0) is 9.59 Å². The first-order valence-electron chi connectivity index (χ1n) is 9.46. The van der Waals surface area contributed by atoms with Crippen molar-refractivity contribution in [2.45, 2.75) is 38.0 Å². The average Bonchev–Trinajstić information content (AvgIpc) is 3.25. The normalized spacial score (nSPS) is 26.8. The van der Waals surface area contributed by atoms with E-state index in [9.17, 15) is 14.0 Å². The standard InChI is InChI=1S/C20H25FN2O2/c21-16-7-5-14(6-8-16)17-13-18(17)20(25)23-11-9-22(10-12-23)19(24)15-3-1-2-4-15/h5-8,15,17-18H,1-4,9-13H2. The monoisotopic (exact) mass is 344 g/mol. The molecule has 0 N–H and O–H groups in total. The zero-order chi connectivity index (χ0) is 17.4. The summed E-state index contributed by atoms with van der Waals surface area (Å²) >= 11 is 0. The molecule has 134 valence electrons. The predicted molar refractivity (Wildman–Crippen MR) is 92.4 cm³/mol. The maximum Gasteiger partial charge on any atom is 0.226 e. The van der Waals surface area contributed by atoms with Gasteiger partial charge in [-0.05, 0) is 42.9 Å². The lowest BCUT2D eigenvalue weighted by Crippen LogP contribution is -2.52. The summed E-state index contributed by atoms with van der Waals surface area (Å²) in [5.74, 6) is 0.722. The number of rotatable bonds is 3. The minimum absolute atomic E-state index is 0.0301. The highest BCUT2D eigenvalue weighted by Gasteiger charge is 2.46. The molecule has 0 aromatic heterocycles. The van der Waals surface area contributed by atoms with Gasteiger partial charge in [0, 0.05) is 38.0 Å². The lowest BCUT2D eigenvalue weighted by Gasteiger charge is -2.36. The highest BCUT2D eigenvalue weighted by molar-refractivity contribution is 5.84. The summed E-state index contributed by atoms with van der Waals surface area (Å²) < 4.78 is 13.0. The van der Waals surface area contributed by atoms with Gasteiger partial charge in [-0.25, -0.2) is 4.39 Å². The Morgan fingerprint density at radius 2 is 1.44 bits per heavy atom. The van der Waals surface area contributed by atoms with Crippen LogP contribution < -0.4 is 0 Å². The van der Waals surface area contributed by atoms with Crippen LogP contribution in [0.25, 0.3) is 0 Å². The molecule has 2 amide bonds. The second-order valence-corrected chi connectivity index (χ2v) is 7.63. The molecule has 1 saturated heterocycles. The molecular weight excluding hydrogens is 319 g/mol. The molecule has 2 saturated carbocycles. The van der Waals surface area contributed by atoms with Crippen LogP contribution in [0.1, 0.15) is 43.6 Å². The van der Waals surface area contributed by atoms with Crippen molar-refractivity contribution in [1.29, 1.82) is 0 Å². The molecule has 2 aliphatic carbocycles. The fraction of sp³-hybridized carbons (Fsp3) is 0.600. The van der Waals surface area contributed by atoms with Crippen LogP contribution in [0.15, 0.2) is 24.3 Å². The third-order valence-electron chi connectivity index (χ3n) is 6.01. The van der Waals surface area contributed by atoms with E-state index in [1.165, 1.54) is 25.0 Å². The van der Waals surface area contributed by atoms with Gasteiger partial charge >= 0.3 is 0 Å². The van der Waals surface area contributed by atoms with E-state index in [4.69, 9.17) is 0 Å². The van der Waals surface area contributed by atoms with Gasteiger partial charge in [-0.3, -0.25) is 9.59 Å². The molecule has 0 spiro atoms. The van der Waals surface area contributed by atoms with Gasteiger partial charge in [0.2, 0.25) is 11.8 Å². The maximum absolute atomic E-state index is 13.0. The molecule has 2 unspecified atom stereocenters. The number of nitrogens with zero attached hydrogens (tertiary/aromatic N) is 2. The quantitative estimate of drug-likeness (QED) is 0.846. The van der Waals surface area contributed by atoms with Gasteiger partial charge in [0.05, 0.1) is 0 Å². The summed E-state index contributed by atoms with van der Waals surface area (Å²) in [6.45, 7) is 2.61. The molecule has 3 aliphatic rings. The van der Waals surface area contributed by atoms with E-state index < -0.39 is 0 Å². The Kier molecular flexibility index (Phi) is 4.48. The van der Waals surface area contributed by atoms with E-state index in [0.29, 0.717) is 32.1 Å². The van der Waals surface area contributed by atoms with Crippen LogP contribution in [0.5, 0.6) is 0 Å². The van der Waals surface area contributed by atoms with Crippen LogP contribution in [0.3, 0.4) is 0 Å². The summed E-state index contributed by atoms with van der Waals surface area (Å²) in [6, 6.07) is 6.49. The van der Waals surface area contributed by atoms with E-state index in [-0.39, 0.29) is 29.5 Å². The molecule has 0 radical (unpaired) electrons. The van der Waals surface area contributed by atoms with Crippen molar-refractivity contribution in [2.75, 3.05) is 26.2 Å². The van der Waals surface area contributed by atoms with E-state index in [2.05, 4.69) is 0 Å². The highest BCUT2D eigenvalue weighted by atomic mass is 19.1. The third kappa shape index (κ3) is 3.42. The van der Waals surface area contributed by atoms with Crippen molar-refractivity contribution in [3.8, 4) is 0 Å². The molecule has 1 heterocycles. The molecule has 5 heteroatoms. The number of carbonyl (C=O) groups is 2. The Hall–Kier alpha value is -1.91. The Morgan fingerprint density at radius 3 is 2.04 bits per heavy atom. The van der Waals surface area contributed by atoms with Crippen molar-refractivity contribution in [3.63, 3.8) is 0 Å². The Balaban J connectivity index is 1.29. The SMILES string of the molecule is O=C(C1CCCC1)N1CCN(C(=O)C2CC2c2ccc(F)cc2)CC1. The summed E-state index contributed by atoms with van der Waals surface area (Å²) in [7, 11) is 0. The number of amides is 2. The Labute approximate surface area is 148 Å². The lowest BCUT2D eigenvalue weighted by atomic mass is 10.1. The van der Waals surface area contributed by atoms with Gasteiger partial charge in [-0.2, -0.15) is 0 Å². The minimum atomic E-state index is -0.240. The highest BCUT2D eigenvalue weighted by Crippen LogP contribution is 2.48. The summed E-state index contributed by atoms with van der Waals surface area (Å²) in [4.78, 5) is 29.0. The number of piperazine rings is 1. The largest absolute Gasteiger partial charge is 0.339 e. The molecule has 25 heavy (non-hydrogen) atoms. The minimum Gasteiger partial charge on any atom is -0.339 e. The molecule has 1 aliphatic heterocycles. The average molecular weight is 344 g/mol. The van der Waals surface area contributed by atoms with Gasteiger partial charge in [-0.15, -0.1) is 0 Å². The molecule has 1 aromatic carbocycles. The van der Waals surface area contributed by atoms with Crippen molar-refractivity contribution >= 4 is 11.8 Å². The molecule has 0 bridgehead atoms. The molecule has 3 fully saturated rings. The zero-order valence-electron chi connectivity index (χ0n) is 14.5. The fourth-order valence-electron chi connectivity index (χ4n) is 4.36. The van der Waals surface area contributed by atoms with E-state index >= 15 is 0 Å². The summed E-state index contributed by atoms with van der Waals surface area (Å²) in [5, 5.41) is 0. The van der Waals surface area contributed by atoms with Crippen molar-refractivity contribution in [3.05, 3.63) is 35.6 Å². The van der Waals surface area contributed by atoms with Gasteiger partial charge in [-0.1, -0.05) is 25.0 Å². The van der Waals surface area contributed by atoms with Gasteiger partial charge in [0.1, 0.15) is 5.82 Å². The number of hydrogen-bond donors (Lipinski definition) is 0. The second-order valence-electron chi connectivity index (χ2n) is 7.63. The number of benzene rings is 1. The van der Waals surface area contributed by atoms with Crippen molar-refractivity contribution < 1.29 is 14.0 Å². The van der Waals surface area contributed by atoms with Crippen LogP contribution in [0.2, 0.25) is 0 Å². The Morgan fingerprint density at radius 1 is 0.880 bits per heavy atom. The maximum atomic E-state index is 13.0. The van der Waals surface area contributed by atoms with Crippen LogP contribution in [-0.4, -0.2) is 47.8 Å². The first-order valence-corrected chi connectivity index (χ1v) is 9.46. The number of halogens is 1. The smallest absolute Gasteiger partial charge is 0.226 e. The van der Waals surface area contributed by atoms with Crippen molar-refractivity contribution in [1.82, 2.24) is 9.80 Å². The van der Waals surface area contributed by atoms with Crippen molar-refractivity contribution in [2.24, 2.45) is 11.8 Å². The molecule has 4 nitrogen and oxygen atoms in total. The lowest BCUT2D eigenvalue weighted by molar-refractivity contribution is -0.142. The van der Waals surface area contributed by atoms with Gasteiger partial charge in [0.15, 0.2) is 0 Å². The number of carbonyl (C=O) groups excluding carboxylic acids is 2. The molecular formula is C20H25FN2O2. The summed E-state index contributed by atoms with van der Waals surface area (Å²) in [5.41, 5.74) is 1.05. The fourth-order valence-corrected chi connectivity index (χ4v) is 4.36. The predicted octanol–water partition coefficient (Wildman–Crippen LogP) is 2.79. The van der Waals surface area contributed by atoms with Crippen LogP contribution in [0, 0.1) is 17.7 Å². The van der Waals surface area contributed by atoms with Gasteiger partial charge in [0.25, 0.3) is 0 Å². The topological polar surface area (TPSA) is 40.6 Å². The third-order valence-corrected chi connectivity index (χ3v) is 6.01. The van der Waals surface area contributed by atoms with Gasteiger partial charge < -0.3 is 9.80 Å². The van der Waals surface area contributed by atoms with E-state index in [0.717, 1.165) is 24.8 Å². The molecule has 2 atom stereocenters. The van der Waals surface area contributed by atoms with Crippen LogP contribution in [0.4, 0.5) is 4.39 Å².